The maximum absolute atomic E-state index is 13.9. The molecule has 3 aliphatic heterocycles. The molecule has 0 spiro atoms. The molecule has 3 saturated heterocycles. The lowest BCUT2D eigenvalue weighted by Crippen LogP contribution is -2.65. The van der Waals surface area contributed by atoms with Crippen LogP contribution >= 0.6 is 0 Å². The zero-order valence-corrected chi connectivity index (χ0v) is 28.1. The Bertz CT molecular complexity index is 1430. The van der Waals surface area contributed by atoms with Crippen molar-refractivity contribution in [2.24, 2.45) is 17.3 Å². The number of morpholine rings is 1. The number of nitrogens with one attached hydrogen (secondary N) is 1. The quantitative estimate of drug-likeness (QED) is 0.243. The van der Waals surface area contributed by atoms with Crippen LogP contribution in [-0.2, 0) is 30.1 Å². The number of hydrogen-bond donors (Lipinski definition) is 1. The molecule has 0 radical (unpaired) electrons. The van der Waals surface area contributed by atoms with Crippen LogP contribution in [0.15, 0.2) is 42.0 Å². The van der Waals surface area contributed by atoms with Gasteiger partial charge >= 0.3 is 7.12 Å². The fourth-order valence-electron chi connectivity index (χ4n) is 8.64. The number of carbonyl (C=O) groups is 2. The summed E-state index contributed by atoms with van der Waals surface area (Å²) in [7, 11) is -0.600. The Balaban J connectivity index is 1.10. The van der Waals surface area contributed by atoms with Gasteiger partial charge in [0, 0.05) is 31.6 Å². The normalized spacial score (nSPS) is 32.3. The number of likely N-dealkylation sites (tertiary alicyclic amines) is 1. The average molecular weight is 653 g/mol. The van der Waals surface area contributed by atoms with E-state index in [2.05, 4.69) is 26.1 Å². The van der Waals surface area contributed by atoms with E-state index in [1.165, 1.54) is 11.0 Å². The van der Waals surface area contributed by atoms with Gasteiger partial charge in [0.2, 0.25) is 5.91 Å². The van der Waals surface area contributed by atoms with Gasteiger partial charge in [-0.05, 0) is 68.9 Å². The van der Waals surface area contributed by atoms with Crippen molar-refractivity contribution in [1.29, 1.82) is 5.26 Å². The van der Waals surface area contributed by atoms with Gasteiger partial charge in [-0.25, -0.2) is 8.78 Å². The largest absolute Gasteiger partial charge is 0.482 e. The van der Waals surface area contributed by atoms with Gasteiger partial charge in [0.1, 0.15) is 11.6 Å². The number of rotatable bonds is 9. The molecule has 47 heavy (non-hydrogen) atoms. The van der Waals surface area contributed by atoms with Crippen molar-refractivity contribution in [1.82, 2.24) is 15.1 Å². The summed E-state index contributed by atoms with van der Waals surface area (Å²) in [5.74, 6) is -2.95. The second-order valence-electron chi connectivity index (χ2n) is 15.5. The van der Waals surface area contributed by atoms with Gasteiger partial charge in [-0.15, -0.1) is 0 Å². The lowest BCUT2D eigenvalue weighted by Gasteiger charge is -2.64. The van der Waals surface area contributed by atoms with E-state index in [0.29, 0.717) is 18.3 Å². The van der Waals surface area contributed by atoms with E-state index in [-0.39, 0.29) is 62.1 Å². The number of ether oxygens (including phenoxy) is 1. The Morgan fingerprint density at radius 3 is 2.60 bits per heavy atom. The van der Waals surface area contributed by atoms with Gasteiger partial charge in [0.15, 0.2) is 0 Å². The maximum Gasteiger partial charge on any atom is 0.482 e. The highest BCUT2D eigenvalue weighted by Crippen LogP contribution is 2.65. The number of halogens is 2. The van der Waals surface area contributed by atoms with E-state index in [9.17, 15) is 23.6 Å². The number of alkyl halides is 2. The predicted molar refractivity (Wildman–Crippen MR) is 172 cm³/mol. The van der Waals surface area contributed by atoms with Crippen LogP contribution in [0.4, 0.5) is 8.78 Å². The topological polar surface area (TPSA) is 104 Å². The average Bonchev–Trinajstić information content (AvgIpc) is 3.58. The zero-order valence-electron chi connectivity index (χ0n) is 28.1. The van der Waals surface area contributed by atoms with Crippen LogP contribution in [-0.4, -0.2) is 96.7 Å². The molecule has 9 nitrogen and oxygen atoms in total. The number of nitrogens with zero attached hydrogens (tertiary/aromatic N) is 3. The van der Waals surface area contributed by atoms with Crippen molar-refractivity contribution in [3.8, 4) is 6.07 Å². The molecule has 2 amide bonds. The Kier molecular flexibility index (Phi) is 9.09. The molecule has 1 aromatic rings. The van der Waals surface area contributed by atoms with Crippen molar-refractivity contribution in [3.63, 3.8) is 0 Å². The second-order valence-corrected chi connectivity index (χ2v) is 15.5. The molecule has 7 rings (SSSR count). The summed E-state index contributed by atoms with van der Waals surface area (Å²) in [5.41, 5.74) is -0.175. The van der Waals surface area contributed by atoms with E-state index in [4.69, 9.17) is 14.0 Å². The monoisotopic (exact) mass is 652 g/mol. The lowest BCUT2D eigenvalue weighted by molar-refractivity contribution is -0.199. The van der Waals surface area contributed by atoms with Crippen LogP contribution in [0.25, 0.3) is 0 Å². The van der Waals surface area contributed by atoms with Crippen LogP contribution < -0.4 is 5.32 Å². The van der Waals surface area contributed by atoms with Gasteiger partial charge < -0.3 is 24.3 Å². The molecule has 6 atom stereocenters. The fourth-order valence-corrected chi connectivity index (χ4v) is 8.64. The number of carbonyl (C=O) groups excluding carboxylic acids is 2. The van der Waals surface area contributed by atoms with E-state index in [1.54, 1.807) is 18.7 Å². The SMILES string of the molecule is CC1(C)[C@@H]2C[C@H]3OB([C@H](Cc4ccccc4)NC(=O)CC4CN(C(=O)C(C#N)=CC(C)(C)N5CCC(F)(F)C5)CCO4)O[C@@]3(C)[C@H]1C2. The van der Waals surface area contributed by atoms with Gasteiger partial charge in [-0.2, -0.15) is 5.26 Å². The van der Waals surface area contributed by atoms with Crippen molar-refractivity contribution in [2.45, 2.75) is 102 Å². The molecule has 6 aliphatic rings. The summed E-state index contributed by atoms with van der Waals surface area (Å²) in [6.07, 6.45) is 3.26. The Hall–Kier alpha value is -2.85. The first-order valence-corrected chi connectivity index (χ1v) is 16.9. The Morgan fingerprint density at radius 1 is 1.19 bits per heavy atom. The third kappa shape index (κ3) is 6.74. The lowest BCUT2D eigenvalue weighted by atomic mass is 9.43. The maximum atomic E-state index is 13.9. The van der Waals surface area contributed by atoms with Gasteiger partial charge in [-0.3, -0.25) is 14.5 Å². The highest BCUT2D eigenvalue weighted by molar-refractivity contribution is 6.48. The number of benzene rings is 1. The summed E-state index contributed by atoms with van der Waals surface area (Å²) in [6.45, 7) is 10.6. The molecule has 0 aromatic heterocycles. The number of nitriles is 1. The highest BCUT2D eigenvalue weighted by atomic mass is 19.3. The molecule has 2 bridgehead atoms. The first-order chi connectivity index (χ1) is 22.1. The molecule has 6 fully saturated rings. The molecule has 3 heterocycles. The van der Waals surface area contributed by atoms with Crippen LogP contribution in [0, 0.1) is 28.6 Å². The standard InChI is InChI=1S/C35H47BF2N4O5/c1-32(2,42-12-11-35(37,38)22-42)19-24(20-39)31(44)41-13-14-45-26(21-41)18-30(43)40-29(15-23-9-7-6-8-10-23)36-46-28-17-25-16-27(33(25,3)4)34(28,5)47-36/h6-10,19,25-29H,11-18,21-22H2,1-5H3,(H,40,43)/t25-,26?,27-,28+,29-,34-/m0/s1. The summed E-state index contributed by atoms with van der Waals surface area (Å²) < 4.78 is 47.0. The second kappa shape index (κ2) is 12.6. The third-order valence-corrected chi connectivity index (χ3v) is 11.6. The van der Waals surface area contributed by atoms with Crippen LogP contribution in [0.2, 0.25) is 0 Å². The van der Waals surface area contributed by atoms with E-state index >= 15 is 0 Å². The molecule has 1 N–H and O–H groups in total. The minimum absolute atomic E-state index is 0.0141. The Labute approximate surface area is 277 Å². The molecule has 3 aliphatic carbocycles. The zero-order chi connectivity index (χ0) is 33.8. The minimum atomic E-state index is -2.79. The van der Waals surface area contributed by atoms with Crippen molar-refractivity contribution in [3.05, 3.63) is 47.5 Å². The molecule has 3 saturated carbocycles. The van der Waals surface area contributed by atoms with Crippen LogP contribution in [0.5, 0.6) is 0 Å². The van der Waals surface area contributed by atoms with E-state index in [1.807, 2.05) is 36.4 Å². The first-order valence-electron chi connectivity index (χ1n) is 16.9. The predicted octanol–water partition coefficient (Wildman–Crippen LogP) is 4.17. The van der Waals surface area contributed by atoms with Gasteiger partial charge in [-0.1, -0.05) is 44.2 Å². The highest BCUT2D eigenvalue weighted by Gasteiger charge is 2.68. The number of amides is 2. The first kappa shape index (κ1) is 34.0. The van der Waals surface area contributed by atoms with Crippen LogP contribution in [0.1, 0.15) is 65.9 Å². The third-order valence-electron chi connectivity index (χ3n) is 11.6. The van der Waals surface area contributed by atoms with Crippen molar-refractivity contribution < 1.29 is 32.4 Å². The number of hydrogen-bond acceptors (Lipinski definition) is 7. The molecule has 12 heteroatoms. The molecular weight excluding hydrogens is 605 g/mol. The van der Waals surface area contributed by atoms with E-state index < -0.39 is 48.7 Å². The van der Waals surface area contributed by atoms with Crippen molar-refractivity contribution >= 4 is 18.9 Å². The summed E-state index contributed by atoms with van der Waals surface area (Å²) in [4.78, 5) is 30.1. The summed E-state index contributed by atoms with van der Waals surface area (Å²) in [6, 6.07) is 11.9. The van der Waals surface area contributed by atoms with E-state index in [0.717, 1.165) is 18.4 Å². The Morgan fingerprint density at radius 2 is 1.94 bits per heavy atom. The van der Waals surface area contributed by atoms with Gasteiger partial charge in [0.25, 0.3) is 11.8 Å². The molecule has 254 valence electrons. The fraction of sp³-hybridized carbons (Fsp3) is 0.686. The van der Waals surface area contributed by atoms with Crippen molar-refractivity contribution in [2.75, 3.05) is 32.8 Å². The summed E-state index contributed by atoms with van der Waals surface area (Å²) >= 11 is 0. The summed E-state index contributed by atoms with van der Waals surface area (Å²) in [5, 5.41) is 13.0. The van der Waals surface area contributed by atoms with Gasteiger partial charge in [0.05, 0.1) is 43.3 Å². The molecule has 1 aromatic carbocycles. The smallest absolute Gasteiger partial charge is 0.404 e. The minimum Gasteiger partial charge on any atom is -0.404 e. The molecule has 1 unspecified atom stereocenters. The molecular formula is C35H47BF2N4O5. The van der Waals surface area contributed by atoms with Crippen LogP contribution in [0.3, 0.4) is 0 Å².